The molecule has 0 radical (unpaired) electrons. The highest BCUT2D eigenvalue weighted by Gasteiger charge is 2.35. The summed E-state index contributed by atoms with van der Waals surface area (Å²) in [6.45, 7) is 3.72. The van der Waals surface area contributed by atoms with Gasteiger partial charge >= 0.3 is 6.18 Å². The zero-order valence-corrected chi connectivity index (χ0v) is 16.9. The van der Waals surface area contributed by atoms with Crippen molar-refractivity contribution in [3.05, 3.63) is 47.0 Å². The highest BCUT2D eigenvalue weighted by atomic mass is 32.1. The minimum absolute atomic E-state index is 0.271. The molecule has 3 heterocycles. The molecule has 2 aromatic heterocycles. The third-order valence-electron chi connectivity index (χ3n) is 5.01. The van der Waals surface area contributed by atoms with E-state index in [1.54, 1.807) is 0 Å². The number of nitrogens with zero attached hydrogens (tertiary/aromatic N) is 5. The maximum absolute atomic E-state index is 13.0. The van der Waals surface area contributed by atoms with Crippen LogP contribution in [0.25, 0.3) is 10.2 Å². The van der Waals surface area contributed by atoms with Gasteiger partial charge in [-0.1, -0.05) is 0 Å². The van der Waals surface area contributed by atoms with Crippen LogP contribution in [0.15, 0.2) is 30.5 Å². The van der Waals surface area contributed by atoms with E-state index in [0.29, 0.717) is 5.52 Å². The van der Waals surface area contributed by atoms with Gasteiger partial charge < -0.3 is 15.5 Å². The molecule has 4 rings (SSSR count). The fourth-order valence-corrected chi connectivity index (χ4v) is 4.45. The Bertz CT molecular complexity index is 1080. The van der Waals surface area contributed by atoms with Gasteiger partial charge in [-0.2, -0.15) is 13.2 Å². The second-order valence-corrected chi connectivity index (χ2v) is 8.19. The molecule has 1 aromatic carbocycles. The second kappa shape index (κ2) is 7.80. The molecular formula is C19H19F3N6OS. The summed E-state index contributed by atoms with van der Waals surface area (Å²) in [6, 6.07) is 6.53. The zero-order chi connectivity index (χ0) is 21.5. The minimum Gasteiger partial charge on any atom is -0.369 e. The van der Waals surface area contributed by atoms with Gasteiger partial charge in [-0.05, 0) is 31.3 Å². The van der Waals surface area contributed by atoms with Crippen molar-refractivity contribution >= 4 is 33.1 Å². The summed E-state index contributed by atoms with van der Waals surface area (Å²) in [5.41, 5.74) is 6.05. The third-order valence-corrected chi connectivity index (χ3v) is 6.09. The number of likely N-dealkylation sites (N-methyl/N-ethyl adjacent to an activating group) is 1. The smallest absolute Gasteiger partial charge is 0.369 e. The summed E-state index contributed by atoms with van der Waals surface area (Å²) in [5, 5.41) is 0.271. The molecule has 0 saturated carbocycles. The molecule has 1 unspecified atom stereocenters. The molecule has 1 aliphatic rings. The van der Waals surface area contributed by atoms with Crippen LogP contribution < -0.4 is 10.6 Å². The lowest BCUT2D eigenvalue weighted by molar-refractivity contribution is -0.141. The number of hydrogen-bond donors (Lipinski definition) is 1. The third kappa shape index (κ3) is 4.08. The van der Waals surface area contributed by atoms with E-state index in [2.05, 4.69) is 31.8 Å². The highest BCUT2D eigenvalue weighted by molar-refractivity contribution is 7.18. The molecular weight excluding hydrogens is 417 g/mol. The first-order valence-corrected chi connectivity index (χ1v) is 10.1. The van der Waals surface area contributed by atoms with Gasteiger partial charge in [0, 0.05) is 38.1 Å². The predicted octanol–water partition coefficient (Wildman–Crippen LogP) is 2.47. The Hall–Kier alpha value is -2.79. The van der Waals surface area contributed by atoms with Gasteiger partial charge in [0.25, 0.3) is 0 Å². The molecule has 2 N–H and O–H groups in total. The SMILES string of the molecule is CN1CCN(c2ccc3nc(C(C(N)=O)c4nccc(C(F)(F)F)n4)sc3c2)CC1. The van der Waals surface area contributed by atoms with Gasteiger partial charge in [-0.15, -0.1) is 11.3 Å². The molecule has 11 heteroatoms. The number of anilines is 1. The molecule has 1 aliphatic heterocycles. The number of primary amides is 1. The van der Waals surface area contributed by atoms with Crippen LogP contribution in [0.1, 0.15) is 22.4 Å². The van der Waals surface area contributed by atoms with Crippen LogP contribution in [0.4, 0.5) is 18.9 Å². The zero-order valence-electron chi connectivity index (χ0n) is 16.1. The Labute approximate surface area is 174 Å². The van der Waals surface area contributed by atoms with Gasteiger partial charge in [-0.25, -0.2) is 15.0 Å². The van der Waals surface area contributed by atoms with E-state index < -0.39 is 23.7 Å². The quantitative estimate of drug-likeness (QED) is 0.676. The molecule has 0 aliphatic carbocycles. The number of piperazine rings is 1. The molecule has 0 spiro atoms. The number of carbonyl (C=O) groups is 1. The Morgan fingerprint density at radius 1 is 1.17 bits per heavy atom. The van der Waals surface area contributed by atoms with Crippen LogP contribution in [0.5, 0.6) is 0 Å². The number of hydrogen-bond acceptors (Lipinski definition) is 7. The van der Waals surface area contributed by atoms with E-state index in [0.717, 1.165) is 48.8 Å². The maximum atomic E-state index is 13.0. The van der Waals surface area contributed by atoms with Gasteiger partial charge in [0.15, 0.2) is 0 Å². The summed E-state index contributed by atoms with van der Waals surface area (Å²) in [6.07, 6.45) is -3.68. The lowest BCUT2D eigenvalue weighted by Gasteiger charge is -2.34. The van der Waals surface area contributed by atoms with Crippen LogP contribution >= 0.6 is 11.3 Å². The number of rotatable bonds is 4. The summed E-state index contributed by atoms with van der Waals surface area (Å²) in [4.78, 5) is 28.4. The number of benzene rings is 1. The van der Waals surface area contributed by atoms with Gasteiger partial charge in [0.05, 0.1) is 10.2 Å². The first kappa shape index (κ1) is 20.5. The Morgan fingerprint density at radius 3 is 2.57 bits per heavy atom. The van der Waals surface area contributed by atoms with Crippen LogP contribution in [-0.4, -0.2) is 59.0 Å². The standard InChI is InChI=1S/C19H19F3N6OS/c1-27-6-8-28(9-7-27)11-2-3-12-13(10-11)30-18(25-12)15(16(23)29)17-24-5-4-14(26-17)19(20,21)22/h2-5,10,15H,6-9H2,1H3,(H2,23,29). The number of halogens is 3. The van der Waals surface area contributed by atoms with Gasteiger partial charge in [-0.3, -0.25) is 4.79 Å². The summed E-state index contributed by atoms with van der Waals surface area (Å²) >= 11 is 1.21. The van der Waals surface area contributed by atoms with Crippen molar-refractivity contribution in [3.8, 4) is 0 Å². The summed E-state index contributed by atoms with van der Waals surface area (Å²) in [7, 11) is 2.08. The average Bonchev–Trinajstić information content (AvgIpc) is 3.10. The van der Waals surface area contributed by atoms with Crippen molar-refractivity contribution < 1.29 is 18.0 Å². The first-order valence-electron chi connectivity index (χ1n) is 9.26. The van der Waals surface area contributed by atoms with E-state index >= 15 is 0 Å². The van der Waals surface area contributed by atoms with Crippen LogP contribution in [0.2, 0.25) is 0 Å². The van der Waals surface area contributed by atoms with E-state index in [9.17, 15) is 18.0 Å². The molecule has 0 bridgehead atoms. The Balaban J connectivity index is 1.69. The van der Waals surface area contributed by atoms with Gasteiger partial charge in [0.1, 0.15) is 22.4 Å². The molecule has 1 fully saturated rings. The first-order chi connectivity index (χ1) is 14.2. The van der Waals surface area contributed by atoms with E-state index in [4.69, 9.17) is 5.73 Å². The topological polar surface area (TPSA) is 88.2 Å². The van der Waals surface area contributed by atoms with Crippen molar-refractivity contribution in [3.63, 3.8) is 0 Å². The number of carbonyl (C=O) groups excluding carboxylic acids is 1. The molecule has 1 saturated heterocycles. The van der Waals surface area contributed by atoms with Crippen LogP contribution in [0, 0.1) is 0 Å². The number of nitrogens with two attached hydrogens (primary N) is 1. The normalized spacial score (nSPS) is 16.7. The van der Waals surface area contributed by atoms with Crippen molar-refractivity contribution in [1.29, 1.82) is 0 Å². The molecule has 7 nitrogen and oxygen atoms in total. The number of amides is 1. The van der Waals surface area contributed by atoms with Crippen molar-refractivity contribution in [2.45, 2.75) is 12.1 Å². The van der Waals surface area contributed by atoms with Crippen molar-refractivity contribution in [1.82, 2.24) is 19.9 Å². The van der Waals surface area contributed by atoms with Crippen LogP contribution in [0.3, 0.4) is 0 Å². The van der Waals surface area contributed by atoms with E-state index in [-0.39, 0.29) is 10.8 Å². The lowest BCUT2D eigenvalue weighted by Crippen LogP contribution is -2.44. The summed E-state index contributed by atoms with van der Waals surface area (Å²) in [5.74, 6) is -2.42. The highest BCUT2D eigenvalue weighted by Crippen LogP contribution is 2.34. The number of alkyl halides is 3. The number of fused-ring (bicyclic) bond motifs is 1. The monoisotopic (exact) mass is 436 g/mol. The Kier molecular flexibility index (Phi) is 5.33. The molecule has 3 aromatic rings. The summed E-state index contributed by atoms with van der Waals surface area (Å²) < 4.78 is 39.9. The second-order valence-electron chi connectivity index (χ2n) is 7.13. The van der Waals surface area contributed by atoms with Crippen LogP contribution in [-0.2, 0) is 11.0 Å². The maximum Gasteiger partial charge on any atom is 0.433 e. The van der Waals surface area contributed by atoms with Gasteiger partial charge in [0.2, 0.25) is 5.91 Å². The molecule has 30 heavy (non-hydrogen) atoms. The molecule has 1 amide bonds. The molecule has 158 valence electrons. The number of thiazole rings is 1. The largest absolute Gasteiger partial charge is 0.433 e. The van der Waals surface area contributed by atoms with E-state index in [1.165, 1.54) is 11.3 Å². The molecule has 1 atom stereocenters. The fourth-order valence-electron chi connectivity index (χ4n) is 3.35. The minimum atomic E-state index is -4.65. The Morgan fingerprint density at radius 2 is 1.90 bits per heavy atom. The van der Waals surface area contributed by atoms with E-state index in [1.807, 2.05) is 18.2 Å². The fraction of sp³-hybridized carbons (Fsp3) is 0.368. The van der Waals surface area contributed by atoms with Crippen molar-refractivity contribution in [2.24, 2.45) is 5.73 Å². The lowest BCUT2D eigenvalue weighted by atomic mass is 10.1. The van der Waals surface area contributed by atoms with Crippen molar-refractivity contribution in [2.75, 3.05) is 38.1 Å². The predicted molar refractivity (Wildman–Crippen MR) is 107 cm³/mol. The number of aromatic nitrogens is 3. The average molecular weight is 436 g/mol.